The first kappa shape index (κ1) is 20.0. The van der Waals surface area contributed by atoms with E-state index in [9.17, 15) is 4.79 Å². The van der Waals surface area contributed by atoms with Gasteiger partial charge in [-0.05, 0) is 6.07 Å². The number of hydrogen-bond acceptors (Lipinski definition) is 6. The van der Waals surface area contributed by atoms with E-state index in [4.69, 9.17) is 18.9 Å². The molecule has 0 N–H and O–H groups in total. The first-order chi connectivity index (χ1) is 14.6. The van der Waals surface area contributed by atoms with Crippen molar-refractivity contribution in [1.82, 2.24) is 4.57 Å². The Bertz CT molecular complexity index is 1180. The fourth-order valence-corrected chi connectivity index (χ4v) is 4.37. The number of methoxy groups -OCH3 is 2. The molecule has 0 bridgehead atoms. The lowest BCUT2D eigenvalue weighted by Crippen LogP contribution is -2.17. The lowest BCUT2D eigenvalue weighted by molar-refractivity contribution is -0.117. The van der Waals surface area contributed by atoms with Gasteiger partial charge < -0.3 is 23.5 Å². The average Bonchev–Trinajstić information content (AvgIpc) is 3.08. The van der Waals surface area contributed by atoms with Crippen LogP contribution in [0.1, 0.15) is 5.56 Å². The minimum atomic E-state index is -0.264. The van der Waals surface area contributed by atoms with Gasteiger partial charge >= 0.3 is 0 Å². The highest BCUT2D eigenvalue weighted by Gasteiger charge is 2.17. The molecule has 8 heteroatoms. The van der Waals surface area contributed by atoms with Crippen LogP contribution in [0.15, 0.2) is 48.0 Å². The second kappa shape index (κ2) is 8.62. The van der Waals surface area contributed by atoms with Gasteiger partial charge in [0.25, 0.3) is 5.91 Å². The Labute approximate surface area is 177 Å². The Balaban J connectivity index is 1.72. The van der Waals surface area contributed by atoms with Crippen molar-refractivity contribution in [1.29, 1.82) is 0 Å². The van der Waals surface area contributed by atoms with Crippen molar-refractivity contribution in [2.24, 2.45) is 4.99 Å². The summed E-state index contributed by atoms with van der Waals surface area (Å²) >= 11 is 1.43. The molecule has 2 aromatic carbocycles. The van der Waals surface area contributed by atoms with Crippen LogP contribution in [0.5, 0.6) is 23.0 Å². The highest BCUT2D eigenvalue weighted by molar-refractivity contribution is 7.16. The molecule has 0 aliphatic carbocycles. The van der Waals surface area contributed by atoms with Crippen LogP contribution >= 0.6 is 11.3 Å². The molecule has 4 rings (SSSR count). The number of hydrogen-bond donors (Lipinski definition) is 0. The van der Waals surface area contributed by atoms with E-state index in [1.807, 2.05) is 22.8 Å². The maximum absolute atomic E-state index is 12.8. The summed E-state index contributed by atoms with van der Waals surface area (Å²) in [5, 5.41) is 0. The highest BCUT2D eigenvalue weighted by Crippen LogP contribution is 2.35. The molecule has 156 valence electrons. The van der Waals surface area contributed by atoms with Gasteiger partial charge in [0.2, 0.25) is 0 Å². The van der Waals surface area contributed by atoms with Gasteiger partial charge in [-0.3, -0.25) is 4.79 Å². The van der Waals surface area contributed by atoms with Crippen LogP contribution in [0.4, 0.5) is 0 Å². The Morgan fingerprint density at radius 2 is 1.97 bits per heavy atom. The van der Waals surface area contributed by atoms with E-state index in [0.717, 1.165) is 15.8 Å². The molecule has 1 aromatic heterocycles. The number of aromatic nitrogens is 1. The summed E-state index contributed by atoms with van der Waals surface area (Å²) in [7, 11) is 3.15. The molecular formula is C22H22N2O5S. The average molecular weight is 426 g/mol. The number of fused-ring (bicyclic) bond motifs is 2. The smallest absolute Gasteiger partial charge is 0.252 e. The molecule has 0 atom stereocenters. The summed E-state index contributed by atoms with van der Waals surface area (Å²) in [6.45, 7) is 5.40. The molecule has 0 fully saturated rings. The first-order valence-corrected chi connectivity index (χ1v) is 10.3. The van der Waals surface area contributed by atoms with Crippen LogP contribution < -0.4 is 23.7 Å². The predicted molar refractivity (Wildman–Crippen MR) is 115 cm³/mol. The molecule has 0 spiro atoms. The molecule has 1 amide bonds. The van der Waals surface area contributed by atoms with Crippen molar-refractivity contribution < 1.29 is 23.7 Å². The van der Waals surface area contributed by atoms with Crippen LogP contribution in [0.25, 0.3) is 10.2 Å². The second-order valence-electron chi connectivity index (χ2n) is 6.61. The normalized spacial score (nSPS) is 13.3. The Morgan fingerprint density at radius 3 is 2.67 bits per heavy atom. The van der Waals surface area contributed by atoms with Crippen molar-refractivity contribution in [3.8, 4) is 23.0 Å². The zero-order valence-electron chi connectivity index (χ0n) is 16.8. The summed E-state index contributed by atoms with van der Waals surface area (Å²) in [6.07, 6.45) is 1.90. The Kier molecular flexibility index (Phi) is 5.76. The van der Waals surface area contributed by atoms with E-state index >= 15 is 0 Å². The van der Waals surface area contributed by atoms with Gasteiger partial charge in [-0.1, -0.05) is 23.5 Å². The summed E-state index contributed by atoms with van der Waals surface area (Å²) < 4.78 is 24.9. The van der Waals surface area contributed by atoms with Crippen molar-refractivity contribution in [2.75, 3.05) is 27.4 Å². The number of amides is 1. The maximum Gasteiger partial charge on any atom is 0.252 e. The van der Waals surface area contributed by atoms with Gasteiger partial charge in [-0.15, -0.1) is 6.58 Å². The fourth-order valence-electron chi connectivity index (χ4n) is 3.30. The molecule has 2 heterocycles. The van der Waals surface area contributed by atoms with E-state index in [1.165, 1.54) is 11.3 Å². The number of nitrogens with zero attached hydrogens (tertiary/aromatic N) is 2. The van der Waals surface area contributed by atoms with Gasteiger partial charge in [0.1, 0.15) is 24.7 Å². The lowest BCUT2D eigenvalue weighted by atomic mass is 10.1. The molecule has 1 aliphatic heterocycles. The monoisotopic (exact) mass is 426 g/mol. The van der Waals surface area contributed by atoms with Crippen LogP contribution in [0.3, 0.4) is 0 Å². The zero-order valence-corrected chi connectivity index (χ0v) is 17.7. The molecular weight excluding hydrogens is 404 g/mol. The van der Waals surface area contributed by atoms with Gasteiger partial charge in [0.15, 0.2) is 16.3 Å². The lowest BCUT2D eigenvalue weighted by Gasteiger charge is -2.18. The molecule has 0 saturated carbocycles. The topological polar surface area (TPSA) is 71.3 Å². The predicted octanol–water partition coefficient (Wildman–Crippen LogP) is 3.35. The molecule has 1 aliphatic rings. The third-order valence-electron chi connectivity index (χ3n) is 4.71. The van der Waals surface area contributed by atoms with Gasteiger partial charge in [0, 0.05) is 30.3 Å². The van der Waals surface area contributed by atoms with Crippen molar-refractivity contribution in [2.45, 2.75) is 13.0 Å². The fraction of sp³-hybridized carbons (Fsp3) is 0.273. The van der Waals surface area contributed by atoms with E-state index in [0.29, 0.717) is 47.6 Å². The summed E-state index contributed by atoms with van der Waals surface area (Å²) in [5.74, 6) is 2.41. The molecule has 7 nitrogen and oxygen atoms in total. The molecule has 0 unspecified atom stereocenters. The third-order valence-corrected chi connectivity index (χ3v) is 5.76. The van der Waals surface area contributed by atoms with Crippen LogP contribution in [-0.2, 0) is 17.8 Å². The minimum absolute atomic E-state index is 0.123. The molecule has 30 heavy (non-hydrogen) atoms. The summed E-state index contributed by atoms with van der Waals surface area (Å²) in [4.78, 5) is 17.7. The number of carbonyl (C=O) groups excluding carboxylic acids is 1. The standard InChI is InChI=1S/C22H22N2O5S/c1-4-7-24-16-12-18-19(29-9-8-28-18)13-20(16)30-22(24)23-21(25)10-14-5-6-15(26-2)11-17(14)27-3/h4-6,11-13H,1,7-10H2,2-3H3. The molecule has 0 radical (unpaired) electrons. The van der Waals surface area contributed by atoms with E-state index in [2.05, 4.69) is 11.6 Å². The second-order valence-corrected chi connectivity index (χ2v) is 7.62. The summed E-state index contributed by atoms with van der Waals surface area (Å²) in [6, 6.07) is 9.23. The van der Waals surface area contributed by atoms with Crippen LogP contribution in [0.2, 0.25) is 0 Å². The minimum Gasteiger partial charge on any atom is -0.497 e. The SMILES string of the molecule is C=CCn1c(=NC(=O)Cc2ccc(OC)cc2OC)sc2cc3c(cc21)OCCO3. The highest BCUT2D eigenvalue weighted by atomic mass is 32.1. The van der Waals surface area contributed by atoms with E-state index in [-0.39, 0.29) is 12.3 Å². The van der Waals surface area contributed by atoms with Crippen molar-refractivity contribution in [3.63, 3.8) is 0 Å². The number of benzene rings is 2. The first-order valence-electron chi connectivity index (χ1n) is 9.45. The van der Waals surface area contributed by atoms with Gasteiger partial charge in [0.05, 0.1) is 30.9 Å². The number of thiazole rings is 1. The number of allylic oxidation sites excluding steroid dienone is 1. The van der Waals surface area contributed by atoms with Gasteiger partial charge in [-0.25, -0.2) is 0 Å². The number of rotatable bonds is 6. The molecule has 3 aromatic rings. The largest absolute Gasteiger partial charge is 0.497 e. The zero-order chi connectivity index (χ0) is 21.1. The number of carbonyl (C=O) groups is 1. The van der Waals surface area contributed by atoms with Crippen molar-refractivity contribution in [3.05, 3.63) is 53.4 Å². The van der Waals surface area contributed by atoms with Gasteiger partial charge in [-0.2, -0.15) is 4.99 Å². The van der Waals surface area contributed by atoms with Crippen LogP contribution in [0, 0.1) is 0 Å². The third kappa shape index (κ3) is 3.91. The Hall–Kier alpha value is -3.26. The number of ether oxygens (including phenoxy) is 4. The van der Waals surface area contributed by atoms with E-state index < -0.39 is 0 Å². The molecule has 0 saturated heterocycles. The quantitative estimate of drug-likeness (QED) is 0.566. The maximum atomic E-state index is 12.8. The van der Waals surface area contributed by atoms with Crippen LogP contribution in [-0.4, -0.2) is 37.9 Å². The van der Waals surface area contributed by atoms with E-state index in [1.54, 1.807) is 32.4 Å². The van der Waals surface area contributed by atoms with Crippen molar-refractivity contribution >= 4 is 27.5 Å². The Morgan fingerprint density at radius 1 is 1.20 bits per heavy atom. The summed E-state index contributed by atoms with van der Waals surface area (Å²) in [5.41, 5.74) is 1.68.